The van der Waals surface area contributed by atoms with E-state index in [0.29, 0.717) is 5.82 Å². The molecule has 5 heteroatoms. The van der Waals surface area contributed by atoms with Gasteiger partial charge in [0, 0.05) is 18.7 Å². The highest BCUT2D eigenvalue weighted by atomic mass is 79.9. The number of ether oxygens (including phenoxy) is 1. The van der Waals surface area contributed by atoms with Gasteiger partial charge in [-0.1, -0.05) is 6.07 Å². The molecule has 0 aliphatic heterocycles. The highest BCUT2D eigenvalue weighted by molar-refractivity contribution is 9.10. The Morgan fingerprint density at radius 1 is 1.42 bits per heavy atom. The van der Waals surface area contributed by atoms with Crippen molar-refractivity contribution in [2.45, 2.75) is 12.8 Å². The molecule has 0 spiro atoms. The van der Waals surface area contributed by atoms with Crippen molar-refractivity contribution in [2.75, 3.05) is 12.3 Å². The molecule has 2 aromatic rings. The maximum atomic E-state index is 5.85. The Balaban J connectivity index is 1.86. The minimum Gasteiger partial charge on any atom is -0.492 e. The molecule has 100 valence electrons. The summed E-state index contributed by atoms with van der Waals surface area (Å²) in [7, 11) is 1.84. The van der Waals surface area contributed by atoms with Gasteiger partial charge in [-0.3, -0.25) is 4.68 Å². The molecule has 19 heavy (non-hydrogen) atoms. The van der Waals surface area contributed by atoms with Crippen LogP contribution < -0.4 is 10.5 Å². The SMILES string of the molecule is Cn1nc(-c2ccc(Br)c(OCC3CC3)c2)cc1N. The van der Waals surface area contributed by atoms with E-state index in [9.17, 15) is 0 Å². The molecule has 0 atom stereocenters. The lowest BCUT2D eigenvalue weighted by atomic mass is 10.1. The van der Waals surface area contributed by atoms with Gasteiger partial charge in [0.1, 0.15) is 11.6 Å². The van der Waals surface area contributed by atoms with E-state index in [4.69, 9.17) is 10.5 Å². The molecular formula is C14H16BrN3O. The largest absolute Gasteiger partial charge is 0.492 e. The topological polar surface area (TPSA) is 53.1 Å². The zero-order chi connectivity index (χ0) is 13.4. The summed E-state index contributed by atoms with van der Waals surface area (Å²) >= 11 is 3.52. The summed E-state index contributed by atoms with van der Waals surface area (Å²) in [6, 6.07) is 7.88. The Morgan fingerprint density at radius 2 is 2.21 bits per heavy atom. The van der Waals surface area contributed by atoms with Gasteiger partial charge in [-0.2, -0.15) is 5.10 Å². The second-order valence-corrected chi connectivity index (χ2v) is 5.83. The predicted octanol–water partition coefficient (Wildman–Crippen LogP) is 3.22. The smallest absolute Gasteiger partial charge is 0.134 e. The number of aryl methyl sites for hydroxylation is 1. The van der Waals surface area contributed by atoms with Crippen molar-refractivity contribution in [3.8, 4) is 17.0 Å². The maximum absolute atomic E-state index is 5.85. The van der Waals surface area contributed by atoms with E-state index in [1.165, 1.54) is 12.8 Å². The van der Waals surface area contributed by atoms with Crippen LogP contribution in [0.4, 0.5) is 5.82 Å². The predicted molar refractivity (Wildman–Crippen MR) is 79.0 cm³/mol. The van der Waals surface area contributed by atoms with Crippen LogP contribution in [0.25, 0.3) is 11.3 Å². The van der Waals surface area contributed by atoms with E-state index in [2.05, 4.69) is 21.0 Å². The summed E-state index contributed by atoms with van der Waals surface area (Å²) in [5, 5.41) is 4.38. The molecule has 0 saturated heterocycles. The zero-order valence-corrected chi connectivity index (χ0v) is 12.4. The number of halogens is 1. The lowest BCUT2D eigenvalue weighted by molar-refractivity contribution is 0.298. The number of nitrogens with zero attached hydrogens (tertiary/aromatic N) is 2. The van der Waals surface area contributed by atoms with E-state index >= 15 is 0 Å². The number of nitrogen functional groups attached to an aromatic ring is 1. The zero-order valence-electron chi connectivity index (χ0n) is 10.8. The summed E-state index contributed by atoms with van der Waals surface area (Å²) in [4.78, 5) is 0. The quantitative estimate of drug-likeness (QED) is 0.940. The molecule has 1 saturated carbocycles. The first-order chi connectivity index (χ1) is 9.13. The Labute approximate surface area is 120 Å². The average Bonchev–Trinajstić information content (AvgIpc) is 3.15. The standard InChI is InChI=1S/C14H16BrN3O/c1-18-14(16)7-12(17-18)10-4-5-11(15)13(6-10)19-8-9-2-3-9/h4-7,9H,2-3,8,16H2,1H3. The third-order valence-electron chi connectivity index (χ3n) is 3.31. The van der Waals surface area contributed by atoms with Crippen molar-refractivity contribution in [3.05, 3.63) is 28.7 Å². The Bertz CT molecular complexity index is 585. The lowest BCUT2D eigenvalue weighted by Crippen LogP contribution is -1.99. The van der Waals surface area contributed by atoms with Gasteiger partial charge in [-0.15, -0.1) is 0 Å². The molecule has 0 bridgehead atoms. The van der Waals surface area contributed by atoms with Crippen molar-refractivity contribution < 1.29 is 4.74 Å². The molecule has 3 rings (SSSR count). The average molecular weight is 322 g/mol. The molecule has 0 amide bonds. The molecule has 1 aliphatic rings. The van der Waals surface area contributed by atoms with Gasteiger partial charge in [0.25, 0.3) is 0 Å². The fraction of sp³-hybridized carbons (Fsp3) is 0.357. The van der Waals surface area contributed by atoms with Crippen molar-refractivity contribution in [1.82, 2.24) is 9.78 Å². The van der Waals surface area contributed by atoms with Gasteiger partial charge in [-0.05, 0) is 46.8 Å². The first-order valence-corrected chi connectivity index (χ1v) is 7.15. The molecule has 1 heterocycles. The number of rotatable bonds is 4. The van der Waals surface area contributed by atoms with Crippen LogP contribution in [0.5, 0.6) is 5.75 Å². The van der Waals surface area contributed by atoms with Crippen LogP contribution in [0.15, 0.2) is 28.7 Å². The Hall–Kier alpha value is -1.49. The third kappa shape index (κ3) is 2.76. The fourth-order valence-electron chi connectivity index (χ4n) is 1.89. The first-order valence-electron chi connectivity index (χ1n) is 6.36. The number of anilines is 1. The van der Waals surface area contributed by atoms with Crippen LogP contribution in [-0.4, -0.2) is 16.4 Å². The van der Waals surface area contributed by atoms with Crippen molar-refractivity contribution in [1.29, 1.82) is 0 Å². The summed E-state index contributed by atoms with van der Waals surface area (Å²) in [6.07, 6.45) is 2.57. The van der Waals surface area contributed by atoms with Crippen LogP contribution in [-0.2, 0) is 7.05 Å². The highest BCUT2D eigenvalue weighted by Crippen LogP contribution is 2.34. The minimum absolute atomic E-state index is 0.651. The minimum atomic E-state index is 0.651. The van der Waals surface area contributed by atoms with Crippen LogP contribution in [0.2, 0.25) is 0 Å². The third-order valence-corrected chi connectivity index (χ3v) is 3.97. The molecule has 4 nitrogen and oxygen atoms in total. The van der Waals surface area contributed by atoms with E-state index in [1.807, 2.05) is 31.3 Å². The van der Waals surface area contributed by atoms with Crippen LogP contribution in [0.1, 0.15) is 12.8 Å². The van der Waals surface area contributed by atoms with Gasteiger partial charge in [0.05, 0.1) is 16.8 Å². The fourth-order valence-corrected chi connectivity index (χ4v) is 2.25. The maximum Gasteiger partial charge on any atom is 0.134 e. The van der Waals surface area contributed by atoms with E-state index < -0.39 is 0 Å². The second kappa shape index (κ2) is 4.89. The highest BCUT2D eigenvalue weighted by Gasteiger charge is 2.22. The van der Waals surface area contributed by atoms with Gasteiger partial charge < -0.3 is 10.5 Å². The van der Waals surface area contributed by atoms with Crippen molar-refractivity contribution in [3.63, 3.8) is 0 Å². The molecule has 2 N–H and O–H groups in total. The van der Waals surface area contributed by atoms with Gasteiger partial charge in [-0.25, -0.2) is 0 Å². The molecular weight excluding hydrogens is 306 g/mol. The lowest BCUT2D eigenvalue weighted by Gasteiger charge is -2.08. The first kappa shape index (κ1) is 12.5. The number of aromatic nitrogens is 2. The molecule has 0 unspecified atom stereocenters. The molecule has 1 aromatic carbocycles. The van der Waals surface area contributed by atoms with E-state index in [1.54, 1.807) is 4.68 Å². The van der Waals surface area contributed by atoms with E-state index in [-0.39, 0.29) is 0 Å². The monoisotopic (exact) mass is 321 g/mol. The molecule has 1 fully saturated rings. The molecule has 0 radical (unpaired) electrons. The molecule has 1 aliphatic carbocycles. The number of nitrogens with two attached hydrogens (primary N) is 1. The number of hydrogen-bond donors (Lipinski definition) is 1. The van der Waals surface area contributed by atoms with Crippen LogP contribution >= 0.6 is 15.9 Å². The van der Waals surface area contributed by atoms with Crippen molar-refractivity contribution >= 4 is 21.7 Å². The van der Waals surface area contributed by atoms with Gasteiger partial charge in [0.15, 0.2) is 0 Å². The number of benzene rings is 1. The van der Waals surface area contributed by atoms with Crippen LogP contribution in [0, 0.1) is 5.92 Å². The summed E-state index contributed by atoms with van der Waals surface area (Å²) in [5.41, 5.74) is 7.69. The van der Waals surface area contributed by atoms with E-state index in [0.717, 1.165) is 34.0 Å². The Kier molecular flexibility index (Phi) is 3.22. The molecule has 1 aromatic heterocycles. The summed E-state index contributed by atoms with van der Waals surface area (Å²) in [5.74, 6) is 2.26. The normalized spacial score (nSPS) is 14.6. The Morgan fingerprint density at radius 3 is 2.84 bits per heavy atom. The van der Waals surface area contributed by atoms with Gasteiger partial charge in [0.2, 0.25) is 0 Å². The number of hydrogen-bond acceptors (Lipinski definition) is 3. The van der Waals surface area contributed by atoms with Crippen LogP contribution in [0.3, 0.4) is 0 Å². The second-order valence-electron chi connectivity index (χ2n) is 4.98. The van der Waals surface area contributed by atoms with Gasteiger partial charge >= 0.3 is 0 Å². The summed E-state index contributed by atoms with van der Waals surface area (Å²) in [6.45, 7) is 0.798. The van der Waals surface area contributed by atoms with Crippen molar-refractivity contribution in [2.24, 2.45) is 13.0 Å². The summed E-state index contributed by atoms with van der Waals surface area (Å²) < 4.78 is 8.49.